The molecule has 0 spiro atoms. The number of aromatic amines is 1. The lowest BCUT2D eigenvalue weighted by molar-refractivity contribution is 0.0741. The van der Waals surface area contributed by atoms with Crippen molar-refractivity contribution >= 4 is 22.5 Å². The van der Waals surface area contributed by atoms with E-state index >= 15 is 0 Å². The Morgan fingerprint density at radius 3 is 2.74 bits per heavy atom. The maximum Gasteiger partial charge on any atom is 0.272 e. The molecule has 0 radical (unpaired) electrons. The van der Waals surface area contributed by atoms with Crippen molar-refractivity contribution in [2.75, 3.05) is 37.7 Å². The van der Waals surface area contributed by atoms with Gasteiger partial charge in [-0.25, -0.2) is 9.97 Å². The van der Waals surface area contributed by atoms with E-state index in [1.54, 1.807) is 11.0 Å². The molecular weight excluding hydrogens is 348 g/mol. The van der Waals surface area contributed by atoms with E-state index in [2.05, 4.69) is 19.9 Å². The topological polar surface area (TPSA) is 107 Å². The van der Waals surface area contributed by atoms with Gasteiger partial charge in [0.05, 0.1) is 42.9 Å². The Balaban J connectivity index is 1.50. The minimum Gasteiger partial charge on any atom is -0.395 e. The highest BCUT2D eigenvalue weighted by Crippen LogP contribution is 2.21. The fourth-order valence-corrected chi connectivity index (χ4v) is 3.32. The number of aliphatic hydroxyl groups excluding tert-OH is 1. The Labute approximate surface area is 154 Å². The summed E-state index contributed by atoms with van der Waals surface area (Å²) in [5, 5.41) is 9.55. The van der Waals surface area contributed by atoms with E-state index in [0.29, 0.717) is 42.8 Å². The number of fused-ring (bicyclic) bond motifs is 1. The quantitative estimate of drug-likeness (QED) is 0.675. The Morgan fingerprint density at radius 1 is 1.22 bits per heavy atom. The Kier molecular flexibility index (Phi) is 4.59. The first-order valence-electron chi connectivity index (χ1n) is 8.80. The van der Waals surface area contributed by atoms with Crippen molar-refractivity contribution in [2.24, 2.45) is 0 Å². The zero-order chi connectivity index (χ0) is 18.8. The van der Waals surface area contributed by atoms with E-state index < -0.39 is 0 Å². The zero-order valence-electron chi connectivity index (χ0n) is 14.7. The average molecular weight is 368 g/mol. The number of aromatic nitrogens is 4. The summed E-state index contributed by atoms with van der Waals surface area (Å²) >= 11 is 0. The molecule has 2 aromatic heterocycles. The summed E-state index contributed by atoms with van der Waals surface area (Å²) in [6.45, 7) is 2.76. The average Bonchev–Trinajstić information content (AvgIpc) is 3.24. The second-order valence-electron chi connectivity index (χ2n) is 6.41. The molecule has 140 valence electrons. The van der Waals surface area contributed by atoms with Crippen LogP contribution >= 0.6 is 0 Å². The molecule has 3 heterocycles. The number of carbonyl (C=O) groups is 1. The summed E-state index contributed by atoms with van der Waals surface area (Å²) in [5.41, 5.74) is 1.94. The van der Waals surface area contributed by atoms with Crippen LogP contribution in [0.4, 0.5) is 5.69 Å². The molecule has 0 bridgehead atoms. The highest BCUT2D eigenvalue weighted by molar-refractivity contribution is 5.92. The molecule has 2 N–H and O–H groups in total. The van der Waals surface area contributed by atoms with E-state index in [0.717, 1.165) is 5.69 Å². The van der Waals surface area contributed by atoms with Crippen molar-refractivity contribution in [3.05, 3.63) is 53.1 Å². The third kappa shape index (κ3) is 3.28. The number of nitrogens with one attached hydrogen (secondary N) is 1. The smallest absolute Gasteiger partial charge is 0.272 e. The Hall–Kier alpha value is -3.20. The predicted molar refractivity (Wildman–Crippen MR) is 99.8 cm³/mol. The van der Waals surface area contributed by atoms with Gasteiger partial charge in [-0.3, -0.25) is 14.2 Å². The summed E-state index contributed by atoms with van der Waals surface area (Å²) in [5.74, 6) is -0.0447. The van der Waals surface area contributed by atoms with Crippen molar-refractivity contribution in [1.29, 1.82) is 0 Å². The van der Waals surface area contributed by atoms with E-state index in [9.17, 15) is 9.59 Å². The number of piperazine rings is 1. The van der Waals surface area contributed by atoms with Crippen LogP contribution in [0.25, 0.3) is 10.9 Å². The molecule has 4 rings (SSSR count). The van der Waals surface area contributed by atoms with Gasteiger partial charge in [-0.2, -0.15) is 0 Å². The normalized spacial score (nSPS) is 14.7. The molecule has 1 aliphatic rings. The van der Waals surface area contributed by atoms with Crippen LogP contribution in [0.5, 0.6) is 0 Å². The largest absolute Gasteiger partial charge is 0.395 e. The first-order valence-corrected chi connectivity index (χ1v) is 8.80. The SMILES string of the molecule is O=C(c1cnc[nH]1)N1CCN(c2ccc3c(=O)n(CCO)cnc3c2)CC1. The van der Waals surface area contributed by atoms with E-state index in [4.69, 9.17) is 5.11 Å². The van der Waals surface area contributed by atoms with Crippen LogP contribution in [-0.2, 0) is 6.54 Å². The van der Waals surface area contributed by atoms with Gasteiger partial charge in [-0.05, 0) is 18.2 Å². The minimum atomic E-state index is -0.157. The number of amides is 1. The molecule has 1 fully saturated rings. The van der Waals surface area contributed by atoms with Crippen molar-refractivity contribution < 1.29 is 9.90 Å². The molecule has 0 atom stereocenters. The van der Waals surface area contributed by atoms with Gasteiger partial charge in [-0.1, -0.05) is 0 Å². The lowest BCUT2D eigenvalue weighted by Gasteiger charge is -2.36. The second-order valence-corrected chi connectivity index (χ2v) is 6.41. The van der Waals surface area contributed by atoms with Crippen LogP contribution in [-0.4, -0.2) is 68.2 Å². The number of nitrogens with zero attached hydrogens (tertiary/aromatic N) is 5. The van der Waals surface area contributed by atoms with Gasteiger partial charge in [0, 0.05) is 31.9 Å². The number of carbonyl (C=O) groups excluding carboxylic acids is 1. The number of anilines is 1. The van der Waals surface area contributed by atoms with Gasteiger partial charge in [-0.15, -0.1) is 0 Å². The predicted octanol–water partition coefficient (Wildman–Crippen LogP) is 0.0743. The van der Waals surface area contributed by atoms with E-state index in [1.165, 1.54) is 23.4 Å². The number of aliphatic hydroxyl groups is 1. The third-order valence-corrected chi connectivity index (χ3v) is 4.81. The second kappa shape index (κ2) is 7.20. The Morgan fingerprint density at radius 2 is 2.04 bits per heavy atom. The summed E-state index contributed by atoms with van der Waals surface area (Å²) in [4.78, 5) is 39.8. The maximum absolute atomic E-state index is 12.4. The van der Waals surface area contributed by atoms with Crippen LogP contribution in [0.15, 0.2) is 41.8 Å². The number of H-pyrrole nitrogens is 1. The molecule has 1 saturated heterocycles. The lowest BCUT2D eigenvalue weighted by atomic mass is 10.2. The summed E-state index contributed by atoms with van der Waals surface area (Å²) in [7, 11) is 0. The molecule has 3 aromatic rings. The highest BCUT2D eigenvalue weighted by Gasteiger charge is 2.23. The number of hydrogen-bond donors (Lipinski definition) is 2. The first-order chi connectivity index (χ1) is 13.2. The van der Waals surface area contributed by atoms with Crippen LogP contribution in [0.3, 0.4) is 0 Å². The molecule has 1 amide bonds. The van der Waals surface area contributed by atoms with Crippen molar-refractivity contribution in [3.63, 3.8) is 0 Å². The highest BCUT2D eigenvalue weighted by atomic mass is 16.3. The van der Waals surface area contributed by atoms with E-state index in [-0.39, 0.29) is 24.6 Å². The molecule has 27 heavy (non-hydrogen) atoms. The molecular formula is C18H20N6O3. The van der Waals surface area contributed by atoms with Gasteiger partial charge < -0.3 is 19.9 Å². The van der Waals surface area contributed by atoms with Crippen molar-refractivity contribution in [2.45, 2.75) is 6.54 Å². The molecule has 1 aliphatic heterocycles. The Bertz CT molecular complexity index is 1010. The van der Waals surface area contributed by atoms with Gasteiger partial charge in [0.2, 0.25) is 0 Å². The van der Waals surface area contributed by atoms with Crippen LogP contribution in [0.2, 0.25) is 0 Å². The maximum atomic E-state index is 12.4. The van der Waals surface area contributed by atoms with Crippen molar-refractivity contribution in [3.8, 4) is 0 Å². The van der Waals surface area contributed by atoms with Gasteiger partial charge in [0.1, 0.15) is 5.69 Å². The monoisotopic (exact) mass is 368 g/mol. The molecule has 0 aliphatic carbocycles. The van der Waals surface area contributed by atoms with Crippen LogP contribution in [0, 0.1) is 0 Å². The molecule has 0 saturated carbocycles. The van der Waals surface area contributed by atoms with Gasteiger partial charge in [0.15, 0.2) is 0 Å². The number of imidazole rings is 1. The number of benzene rings is 1. The molecule has 9 heteroatoms. The van der Waals surface area contributed by atoms with Gasteiger partial charge >= 0.3 is 0 Å². The standard InChI is InChI=1S/C18H20N6O3/c25-8-7-24-12-21-15-9-13(1-2-14(15)17(24)26)22-3-5-23(6-4-22)18(27)16-10-19-11-20-16/h1-2,9-12,25H,3-8H2,(H,19,20). The van der Waals surface area contributed by atoms with Crippen LogP contribution in [0.1, 0.15) is 10.5 Å². The lowest BCUT2D eigenvalue weighted by Crippen LogP contribution is -2.48. The summed E-state index contributed by atoms with van der Waals surface area (Å²) in [6, 6.07) is 5.57. The van der Waals surface area contributed by atoms with Crippen LogP contribution < -0.4 is 10.5 Å². The molecule has 9 nitrogen and oxygen atoms in total. The number of hydrogen-bond acceptors (Lipinski definition) is 6. The summed E-state index contributed by atoms with van der Waals surface area (Å²) < 4.78 is 1.40. The first kappa shape index (κ1) is 17.2. The van der Waals surface area contributed by atoms with Gasteiger partial charge in [0.25, 0.3) is 11.5 Å². The third-order valence-electron chi connectivity index (χ3n) is 4.81. The van der Waals surface area contributed by atoms with Crippen molar-refractivity contribution in [1.82, 2.24) is 24.4 Å². The fraction of sp³-hybridized carbons (Fsp3) is 0.333. The van der Waals surface area contributed by atoms with E-state index in [1.807, 2.05) is 12.1 Å². The minimum absolute atomic E-state index is 0.0447. The molecule has 1 aromatic carbocycles. The zero-order valence-corrected chi connectivity index (χ0v) is 14.7. The number of rotatable bonds is 4. The fourth-order valence-electron chi connectivity index (χ4n) is 3.32. The summed E-state index contributed by atoms with van der Waals surface area (Å²) in [6.07, 6.45) is 4.50. The molecule has 0 unspecified atom stereocenters.